The number of carboxylic acid groups (broad SMARTS) is 6. The molecular weight excluding hydrogens is 936 g/mol. The summed E-state index contributed by atoms with van der Waals surface area (Å²) in [6, 6.07) is 9.46. The van der Waals surface area contributed by atoms with E-state index in [1.54, 1.807) is 6.07 Å². The van der Waals surface area contributed by atoms with Gasteiger partial charge in [-0.3, -0.25) is 9.62 Å². The van der Waals surface area contributed by atoms with Gasteiger partial charge in [0.05, 0.1) is 21.1 Å². The predicted molar refractivity (Wildman–Crippen MR) is 238 cm³/mol. The number of sulfonamides is 1. The number of aromatic nitrogens is 3. The maximum absolute atomic E-state index is 15.4. The molecule has 6 rings (SSSR count). The number of likely N-dealkylation sites (N-methyl/N-ethyl adjacent to an activating group) is 1. The van der Waals surface area contributed by atoms with E-state index in [1.165, 1.54) is 36.7 Å². The van der Waals surface area contributed by atoms with Crippen LogP contribution in [0.1, 0.15) is 31.7 Å². The van der Waals surface area contributed by atoms with Crippen LogP contribution in [0.4, 0.5) is 15.9 Å². The fourth-order valence-corrected chi connectivity index (χ4v) is 8.84. The van der Waals surface area contributed by atoms with Crippen LogP contribution in [0.2, 0.25) is 10.0 Å². The van der Waals surface area contributed by atoms with Crippen LogP contribution >= 0.6 is 23.2 Å². The third-order valence-electron chi connectivity index (χ3n) is 9.57. The summed E-state index contributed by atoms with van der Waals surface area (Å²) in [6.45, 7) is 4.42. The van der Waals surface area contributed by atoms with Crippen molar-refractivity contribution in [2.75, 3.05) is 43.7 Å². The number of benzene rings is 2. The minimum atomic E-state index is -4.25. The lowest BCUT2D eigenvalue weighted by Gasteiger charge is -2.41. The molecular formula is C41H44Cl2FN7O14S. The van der Waals surface area contributed by atoms with E-state index < -0.39 is 51.7 Å². The Labute approximate surface area is 385 Å². The average molecular weight is 981 g/mol. The number of rotatable bonds is 12. The SMILES string of the molecule is CN1CCN(C2CCC(n3cc(-c4ccc(NS(=O)(=O)c5c(Cl)cccc5Cl)c(F)c4)c4c(N)ncnc43)CC2)CC1.O=C(O)/C=C\C(=O)O.O=C(O)/C=C\C(=O)O.O=C(O)/C=C\C(=O)O. The Morgan fingerprint density at radius 1 is 0.727 bits per heavy atom. The number of nitrogens with one attached hydrogen (secondary N) is 1. The normalized spacial score (nSPS) is 16.6. The molecule has 2 aromatic heterocycles. The molecule has 0 amide bonds. The van der Waals surface area contributed by atoms with Crippen LogP contribution in [0, 0.1) is 5.82 Å². The van der Waals surface area contributed by atoms with E-state index in [4.69, 9.17) is 59.6 Å². The molecule has 9 N–H and O–H groups in total. The number of anilines is 2. The van der Waals surface area contributed by atoms with Gasteiger partial charge in [0.15, 0.2) is 0 Å². The van der Waals surface area contributed by atoms with E-state index in [0.29, 0.717) is 70.5 Å². The van der Waals surface area contributed by atoms with Gasteiger partial charge in [0.1, 0.15) is 28.5 Å². The second kappa shape index (κ2) is 25.0. The monoisotopic (exact) mass is 979 g/mol. The molecule has 1 aliphatic carbocycles. The van der Waals surface area contributed by atoms with Crippen molar-refractivity contribution in [1.82, 2.24) is 24.3 Å². The van der Waals surface area contributed by atoms with Crippen molar-refractivity contribution < 1.29 is 72.2 Å². The fraction of sp³-hybridized carbons (Fsp3) is 0.268. The van der Waals surface area contributed by atoms with E-state index in [2.05, 4.69) is 36.1 Å². The summed E-state index contributed by atoms with van der Waals surface area (Å²) in [5.41, 5.74) is 8.02. The van der Waals surface area contributed by atoms with Crippen molar-refractivity contribution in [2.45, 2.75) is 42.7 Å². The summed E-state index contributed by atoms with van der Waals surface area (Å²) in [7, 11) is -2.07. The quantitative estimate of drug-likeness (QED) is 0.0884. The Morgan fingerprint density at radius 2 is 1.18 bits per heavy atom. The van der Waals surface area contributed by atoms with Gasteiger partial charge in [0.25, 0.3) is 10.0 Å². The lowest BCUT2D eigenvalue weighted by molar-refractivity contribution is -0.134. The smallest absolute Gasteiger partial charge is 0.328 e. The molecule has 1 aliphatic heterocycles. The third-order valence-corrected chi connectivity index (χ3v) is 11.9. The van der Waals surface area contributed by atoms with Crippen LogP contribution in [0.25, 0.3) is 22.2 Å². The highest BCUT2D eigenvalue weighted by molar-refractivity contribution is 7.93. The van der Waals surface area contributed by atoms with Gasteiger partial charge in [-0.25, -0.2) is 51.5 Å². The lowest BCUT2D eigenvalue weighted by Crippen LogP contribution is -2.49. The molecule has 25 heteroatoms. The van der Waals surface area contributed by atoms with Crippen molar-refractivity contribution in [1.29, 1.82) is 0 Å². The molecule has 3 heterocycles. The first kappa shape index (κ1) is 53.4. The highest BCUT2D eigenvalue weighted by Crippen LogP contribution is 2.40. The molecule has 0 bridgehead atoms. The van der Waals surface area contributed by atoms with Gasteiger partial charge in [0, 0.05) is 86.5 Å². The summed E-state index contributed by atoms with van der Waals surface area (Å²) in [4.78, 5) is 70.8. The van der Waals surface area contributed by atoms with E-state index in [9.17, 15) is 37.2 Å². The number of hydrogen-bond acceptors (Lipinski definition) is 13. The van der Waals surface area contributed by atoms with Gasteiger partial charge < -0.3 is 45.8 Å². The van der Waals surface area contributed by atoms with Crippen LogP contribution in [0.15, 0.2) is 90.3 Å². The predicted octanol–water partition coefficient (Wildman–Crippen LogP) is 4.79. The van der Waals surface area contributed by atoms with Crippen molar-refractivity contribution in [3.05, 3.63) is 101 Å². The van der Waals surface area contributed by atoms with Crippen molar-refractivity contribution in [3.63, 3.8) is 0 Å². The molecule has 2 aliphatic rings. The lowest BCUT2D eigenvalue weighted by atomic mass is 9.89. The Morgan fingerprint density at radius 3 is 1.62 bits per heavy atom. The average Bonchev–Trinajstić information content (AvgIpc) is 3.64. The van der Waals surface area contributed by atoms with Crippen LogP contribution in [0.3, 0.4) is 0 Å². The second-order valence-corrected chi connectivity index (χ2v) is 16.5. The highest BCUT2D eigenvalue weighted by Gasteiger charge is 2.30. The molecule has 354 valence electrons. The first-order valence-electron chi connectivity index (χ1n) is 19.2. The summed E-state index contributed by atoms with van der Waals surface area (Å²) in [5.74, 6) is -8.00. The summed E-state index contributed by atoms with van der Waals surface area (Å²) in [5, 5.41) is 47.4. The summed E-state index contributed by atoms with van der Waals surface area (Å²) >= 11 is 12.2. The maximum atomic E-state index is 15.4. The molecule has 0 atom stereocenters. The van der Waals surface area contributed by atoms with Gasteiger partial charge in [-0.1, -0.05) is 35.3 Å². The summed E-state index contributed by atoms with van der Waals surface area (Å²) < 4.78 is 45.8. The van der Waals surface area contributed by atoms with Gasteiger partial charge in [0.2, 0.25) is 0 Å². The van der Waals surface area contributed by atoms with Gasteiger partial charge in [-0.2, -0.15) is 0 Å². The van der Waals surface area contributed by atoms with E-state index in [0.717, 1.165) is 51.9 Å². The minimum absolute atomic E-state index is 0.0621. The number of piperazine rings is 1. The Kier molecular flexibility index (Phi) is 20.2. The summed E-state index contributed by atoms with van der Waals surface area (Å²) in [6.07, 6.45) is 11.0. The van der Waals surface area contributed by atoms with Crippen LogP contribution < -0.4 is 10.5 Å². The van der Waals surface area contributed by atoms with Crippen LogP contribution in [0.5, 0.6) is 0 Å². The fourth-order valence-electron chi connectivity index (χ4n) is 6.62. The minimum Gasteiger partial charge on any atom is -0.478 e. The molecule has 1 saturated heterocycles. The first-order valence-corrected chi connectivity index (χ1v) is 21.5. The standard InChI is InChI=1S/C29H32Cl2FN7O2S.3C4H4O4/c1-37-11-13-38(14-12-37)19-6-8-20(9-7-19)39-16-21(26-28(33)34-17-35-29(26)39)18-5-10-25(24(32)15-18)36-42(40,41)27-22(30)3-2-4-23(27)31;3*5-3(6)1-2-4(7)8/h2-5,10,15-17,19-20,36H,6-9,11-14H2,1H3,(H2,33,34,35);3*1-2H,(H,5,6)(H,7,8)/b;3*2-1-. The molecule has 0 unspecified atom stereocenters. The molecule has 2 aromatic carbocycles. The van der Waals surface area contributed by atoms with Gasteiger partial charge in [-0.05, 0) is 62.6 Å². The zero-order chi connectivity index (χ0) is 49.3. The Bertz CT molecular complexity index is 2480. The van der Waals surface area contributed by atoms with Crippen LogP contribution in [-0.4, -0.2) is 138 Å². The Balaban J connectivity index is 0.000000394. The van der Waals surface area contributed by atoms with E-state index >= 15 is 4.39 Å². The molecule has 21 nitrogen and oxygen atoms in total. The molecule has 2 fully saturated rings. The third kappa shape index (κ3) is 16.6. The number of aliphatic carboxylic acids is 6. The maximum Gasteiger partial charge on any atom is 0.328 e. The first-order chi connectivity index (χ1) is 31.0. The van der Waals surface area contributed by atoms with Gasteiger partial charge >= 0.3 is 35.8 Å². The van der Waals surface area contributed by atoms with Crippen LogP contribution in [-0.2, 0) is 38.8 Å². The number of nitrogens with two attached hydrogens (primary N) is 1. The molecule has 0 radical (unpaired) electrons. The number of halogens is 3. The van der Waals surface area contributed by atoms with Gasteiger partial charge in [-0.15, -0.1) is 0 Å². The molecule has 1 saturated carbocycles. The number of carboxylic acids is 6. The topological polar surface area (TPSA) is 333 Å². The van der Waals surface area contributed by atoms with E-state index in [-0.39, 0.29) is 26.7 Å². The van der Waals surface area contributed by atoms with E-state index in [1.807, 2.05) is 6.20 Å². The highest BCUT2D eigenvalue weighted by atomic mass is 35.5. The zero-order valence-corrected chi connectivity index (χ0v) is 37.0. The second-order valence-electron chi connectivity index (χ2n) is 14.1. The van der Waals surface area contributed by atoms with Crippen molar-refractivity contribution >= 4 is 91.6 Å². The zero-order valence-electron chi connectivity index (χ0n) is 34.7. The number of carbonyl (C=O) groups is 6. The Hall–Kier alpha value is -6.92. The number of hydrogen-bond donors (Lipinski definition) is 8. The number of nitrogens with zero attached hydrogens (tertiary/aromatic N) is 5. The van der Waals surface area contributed by atoms with Crippen molar-refractivity contribution in [2.24, 2.45) is 0 Å². The number of nitrogen functional groups attached to an aromatic ring is 1. The number of fused-ring (bicyclic) bond motifs is 1. The largest absolute Gasteiger partial charge is 0.478 e. The molecule has 66 heavy (non-hydrogen) atoms. The molecule has 4 aromatic rings. The molecule has 0 spiro atoms. The van der Waals surface area contributed by atoms with Crippen molar-refractivity contribution in [3.8, 4) is 11.1 Å².